The van der Waals surface area contributed by atoms with Crippen LogP contribution in [0.5, 0.6) is 0 Å². The van der Waals surface area contributed by atoms with Crippen molar-refractivity contribution in [2.24, 2.45) is 0 Å². The van der Waals surface area contributed by atoms with Crippen LogP contribution in [0.25, 0.3) is 16.9 Å². The van der Waals surface area contributed by atoms with E-state index >= 15 is 0 Å². The third-order valence-electron chi connectivity index (χ3n) is 5.39. The Morgan fingerprint density at radius 1 is 1.00 bits per heavy atom. The number of para-hydroxylation sites is 1. The van der Waals surface area contributed by atoms with Crippen molar-refractivity contribution in [1.82, 2.24) is 15.1 Å². The van der Waals surface area contributed by atoms with E-state index in [0.29, 0.717) is 28.5 Å². The van der Waals surface area contributed by atoms with Gasteiger partial charge in [-0.25, -0.2) is 4.68 Å². The number of anilines is 1. The minimum Gasteiger partial charge on any atom is -0.352 e. The molecule has 172 valence electrons. The minimum atomic E-state index is -0.195. The highest BCUT2D eigenvalue weighted by atomic mass is 35.5. The van der Waals surface area contributed by atoms with Gasteiger partial charge in [0, 0.05) is 40.1 Å². The molecule has 4 rings (SSSR count). The fourth-order valence-electron chi connectivity index (χ4n) is 3.63. The summed E-state index contributed by atoms with van der Waals surface area (Å²) in [6.45, 7) is 4.29. The Balaban J connectivity index is 1.62. The Morgan fingerprint density at radius 2 is 1.74 bits per heavy atom. The number of aromatic nitrogens is 2. The lowest BCUT2D eigenvalue weighted by Crippen LogP contribution is -2.23. The molecule has 0 radical (unpaired) electrons. The van der Waals surface area contributed by atoms with E-state index in [2.05, 4.69) is 10.6 Å². The number of hydrogen-bond donors (Lipinski definition) is 2. The van der Waals surface area contributed by atoms with Crippen LogP contribution in [-0.2, 0) is 11.2 Å². The van der Waals surface area contributed by atoms with Gasteiger partial charge >= 0.3 is 0 Å². The van der Waals surface area contributed by atoms with Crippen LogP contribution in [0.15, 0.2) is 79.0 Å². The Kier molecular flexibility index (Phi) is 7.09. The second-order valence-corrected chi connectivity index (χ2v) is 8.34. The molecule has 1 aromatic heterocycles. The molecule has 4 aromatic rings. The summed E-state index contributed by atoms with van der Waals surface area (Å²) in [5.41, 5.74) is 5.24. The standard InChI is InChI=1S/C27H25ClN4O2/c1-3-29-27(34)20-10-9-18(2)24(15-20)30-25(33)16-21-17-32(23-7-5-4-6-8-23)31-26(21)19-11-13-22(28)14-12-19/h4-15,17H,3,16H2,1-2H3,(H,29,34)(H,30,33). The predicted octanol–water partition coefficient (Wildman–Crippen LogP) is 5.43. The highest BCUT2D eigenvalue weighted by Gasteiger charge is 2.17. The summed E-state index contributed by atoms with van der Waals surface area (Å²) in [7, 11) is 0. The summed E-state index contributed by atoms with van der Waals surface area (Å²) in [5.74, 6) is -0.369. The van der Waals surface area contributed by atoms with Gasteiger partial charge in [-0.3, -0.25) is 9.59 Å². The van der Waals surface area contributed by atoms with Crippen LogP contribution >= 0.6 is 11.6 Å². The van der Waals surface area contributed by atoms with E-state index < -0.39 is 0 Å². The van der Waals surface area contributed by atoms with E-state index in [1.54, 1.807) is 28.9 Å². The van der Waals surface area contributed by atoms with Crippen LogP contribution < -0.4 is 10.6 Å². The number of halogens is 1. The Bertz CT molecular complexity index is 1310. The Hall–Kier alpha value is -3.90. The van der Waals surface area contributed by atoms with E-state index in [0.717, 1.165) is 22.4 Å². The first-order valence-corrected chi connectivity index (χ1v) is 11.4. The molecular formula is C27H25ClN4O2. The van der Waals surface area contributed by atoms with Gasteiger partial charge in [-0.15, -0.1) is 0 Å². The van der Waals surface area contributed by atoms with Crippen molar-refractivity contribution in [1.29, 1.82) is 0 Å². The lowest BCUT2D eigenvalue weighted by molar-refractivity contribution is -0.115. The van der Waals surface area contributed by atoms with Gasteiger partial charge in [-0.05, 0) is 55.8 Å². The number of hydrogen-bond acceptors (Lipinski definition) is 3. The number of aryl methyl sites for hydroxylation is 1. The highest BCUT2D eigenvalue weighted by Crippen LogP contribution is 2.26. The molecule has 6 nitrogen and oxygen atoms in total. The monoisotopic (exact) mass is 472 g/mol. The van der Waals surface area contributed by atoms with Crippen molar-refractivity contribution in [3.63, 3.8) is 0 Å². The maximum Gasteiger partial charge on any atom is 0.251 e. The molecule has 0 saturated heterocycles. The van der Waals surface area contributed by atoms with Crippen molar-refractivity contribution in [2.45, 2.75) is 20.3 Å². The zero-order valence-electron chi connectivity index (χ0n) is 19.0. The van der Waals surface area contributed by atoms with Crippen LogP contribution in [0, 0.1) is 6.92 Å². The lowest BCUT2D eigenvalue weighted by Gasteiger charge is -2.11. The summed E-state index contributed by atoms with van der Waals surface area (Å²) in [4.78, 5) is 25.3. The molecule has 0 aliphatic heterocycles. The smallest absolute Gasteiger partial charge is 0.251 e. The van der Waals surface area contributed by atoms with E-state index in [9.17, 15) is 9.59 Å². The zero-order valence-corrected chi connectivity index (χ0v) is 19.8. The zero-order chi connectivity index (χ0) is 24.1. The maximum absolute atomic E-state index is 13.1. The first-order chi connectivity index (χ1) is 16.4. The molecular weight excluding hydrogens is 448 g/mol. The number of amides is 2. The molecule has 0 fully saturated rings. The number of nitrogens with one attached hydrogen (secondary N) is 2. The molecule has 0 atom stereocenters. The van der Waals surface area contributed by atoms with Gasteiger partial charge in [0.2, 0.25) is 5.91 Å². The van der Waals surface area contributed by atoms with Gasteiger partial charge in [-0.1, -0.05) is 48.0 Å². The molecule has 2 amide bonds. The van der Waals surface area contributed by atoms with E-state index in [1.807, 2.05) is 68.6 Å². The van der Waals surface area contributed by atoms with Crippen LogP contribution in [-0.4, -0.2) is 28.1 Å². The second-order valence-electron chi connectivity index (χ2n) is 7.90. The van der Waals surface area contributed by atoms with Crippen LogP contribution in [0.3, 0.4) is 0 Å². The summed E-state index contributed by atoms with van der Waals surface area (Å²) in [5, 5.41) is 11.1. The third-order valence-corrected chi connectivity index (χ3v) is 5.64. The molecule has 2 N–H and O–H groups in total. The van der Waals surface area contributed by atoms with Crippen LogP contribution in [0.2, 0.25) is 5.02 Å². The average molecular weight is 473 g/mol. The van der Waals surface area contributed by atoms with Crippen LogP contribution in [0.1, 0.15) is 28.4 Å². The number of rotatable bonds is 7. The van der Waals surface area contributed by atoms with Gasteiger partial charge in [0.05, 0.1) is 17.8 Å². The highest BCUT2D eigenvalue weighted by molar-refractivity contribution is 6.30. The first-order valence-electron chi connectivity index (χ1n) is 11.0. The number of carbonyl (C=O) groups excluding carboxylic acids is 2. The molecule has 0 bridgehead atoms. The molecule has 7 heteroatoms. The first kappa shape index (κ1) is 23.3. The second kappa shape index (κ2) is 10.4. The molecule has 0 unspecified atom stereocenters. The predicted molar refractivity (Wildman–Crippen MR) is 136 cm³/mol. The van der Waals surface area contributed by atoms with Gasteiger partial charge in [-0.2, -0.15) is 5.10 Å². The van der Waals surface area contributed by atoms with Crippen molar-refractivity contribution >= 4 is 29.1 Å². The third kappa shape index (κ3) is 5.35. The van der Waals surface area contributed by atoms with Crippen molar-refractivity contribution in [3.05, 3.63) is 101 Å². The number of carbonyl (C=O) groups is 2. The molecule has 0 aliphatic rings. The number of nitrogens with zero attached hydrogens (tertiary/aromatic N) is 2. The largest absolute Gasteiger partial charge is 0.352 e. The lowest BCUT2D eigenvalue weighted by atomic mass is 10.1. The summed E-state index contributed by atoms with van der Waals surface area (Å²) >= 11 is 6.07. The number of benzene rings is 3. The minimum absolute atomic E-state index is 0.121. The van der Waals surface area contributed by atoms with Gasteiger partial charge in [0.15, 0.2) is 0 Å². The fraction of sp³-hybridized carbons (Fsp3) is 0.148. The van der Waals surface area contributed by atoms with Gasteiger partial charge in [0.25, 0.3) is 5.91 Å². The normalized spacial score (nSPS) is 10.7. The Labute approximate surface area is 203 Å². The van der Waals surface area contributed by atoms with Gasteiger partial charge < -0.3 is 10.6 Å². The molecule has 3 aromatic carbocycles. The van der Waals surface area contributed by atoms with E-state index in [4.69, 9.17) is 16.7 Å². The maximum atomic E-state index is 13.1. The van der Waals surface area contributed by atoms with Crippen LogP contribution in [0.4, 0.5) is 5.69 Å². The van der Waals surface area contributed by atoms with Gasteiger partial charge in [0.1, 0.15) is 0 Å². The molecule has 0 spiro atoms. The summed E-state index contributed by atoms with van der Waals surface area (Å²) < 4.78 is 1.77. The molecule has 0 saturated carbocycles. The van der Waals surface area contributed by atoms with Crippen molar-refractivity contribution < 1.29 is 9.59 Å². The molecule has 0 aliphatic carbocycles. The summed E-state index contributed by atoms with van der Waals surface area (Å²) in [6, 6.07) is 22.4. The molecule has 1 heterocycles. The quantitative estimate of drug-likeness (QED) is 0.376. The fourth-order valence-corrected chi connectivity index (χ4v) is 3.76. The van der Waals surface area contributed by atoms with Crippen molar-refractivity contribution in [3.8, 4) is 16.9 Å². The topological polar surface area (TPSA) is 76.0 Å². The average Bonchev–Trinajstić information content (AvgIpc) is 3.25. The summed E-state index contributed by atoms with van der Waals surface area (Å²) in [6.07, 6.45) is 1.99. The Morgan fingerprint density at radius 3 is 2.44 bits per heavy atom. The van der Waals surface area contributed by atoms with E-state index in [1.165, 1.54) is 0 Å². The van der Waals surface area contributed by atoms with Crippen molar-refractivity contribution in [2.75, 3.05) is 11.9 Å². The van der Waals surface area contributed by atoms with E-state index in [-0.39, 0.29) is 18.2 Å². The SMILES string of the molecule is CCNC(=O)c1ccc(C)c(NC(=O)Cc2cn(-c3ccccc3)nc2-c2ccc(Cl)cc2)c1. The molecule has 34 heavy (non-hydrogen) atoms.